The zero-order valence-corrected chi connectivity index (χ0v) is 11.4. The Hall–Kier alpha value is -2.02. The second-order valence-corrected chi connectivity index (χ2v) is 5.67. The molecule has 0 spiro atoms. The number of nitrogens with zero attached hydrogens (tertiary/aromatic N) is 2. The van der Waals surface area contributed by atoms with Gasteiger partial charge in [-0.25, -0.2) is 9.18 Å². The lowest BCUT2D eigenvalue weighted by Gasteiger charge is -2.16. The van der Waals surface area contributed by atoms with Gasteiger partial charge in [-0.15, -0.1) is 10.2 Å². The van der Waals surface area contributed by atoms with Gasteiger partial charge < -0.3 is 5.32 Å². The first-order valence-corrected chi connectivity index (χ1v) is 7.13. The van der Waals surface area contributed by atoms with E-state index in [0.717, 1.165) is 18.4 Å². The molecule has 2 N–H and O–H groups in total. The third-order valence-electron chi connectivity index (χ3n) is 3.48. The molecule has 1 aromatic heterocycles. The van der Waals surface area contributed by atoms with Gasteiger partial charge in [0.1, 0.15) is 11.3 Å². The van der Waals surface area contributed by atoms with Gasteiger partial charge in [-0.3, -0.25) is 5.32 Å². The fourth-order valence-electron chi connectivity index (χ4n) is 2.14. The number of nitrogens with one attached hydrogen (secondary N) is 2. The van der Waals surface area contributed by atoms with Gasteiger partial charge in [-0.2, -0.15) is 0 Å². The lowest BCUT2D eigenvalue weighted by molar-refractivity contribution is 0.251. The standard InChI is InChI=1S/C13H13FN4OS/c14-10-3-1-9(2-4-10)13(5-6-13)7-15-11(19)17-12-18-16-8-20-12/h1-4,8H,5-7H2,(H2,15,17,18,19). The molecule has 2 amide bonds. The van der Waals surface area contributed by atoms with Crippen LogP contribution in [0.1, 0.15) is 18.4 Å². The van der Waals surface area contributed by atoms with E-state index in [4.69, 9.17) is 0 Å². The van der Waals surface area contributed by atoms with E-state index in [1.807, 2.05) is 0 Å². The number of benzene rings is 1. The summed E-state index contributed by atoms with van der Waals surface area (Å²) in [7, 11) is 0. The van der Waals surface area contributed by atoms with E-state index in [2.05, 4.69) is 20.8 Å². The third kappa shape index (κ3) is 2.77. The van der Waals surface area contributed by atoms with Gasteiger partial charge in [0.25, 0.3) is 0 Å². The highest BCUT2D eigenvalue weighted by Crippen LogP contribution is 2.47. The van der Waals surface area contributed by atoms with Crippen molar-refractivity contribution < 1.29 is 9.18 Å². The predicted molar refractivity (Wildman–Crippen MR) is 74.2 cm³/mol. The number of halogens is 1. The number of carbonyl (C=O) groups is 1. The molecule has 0 bridgehead atoms. The highest BCUT2D eigenvalue weighted by atomic mass is 32.1. The van der Waals surface area contributed by atoms with Crippen molar-refractivity contribution in [1.82, 2.24) is 15.5 Å². The van der Waals surface area contributed by atoms with E-state index in [0.29, 0.717) is 11.7 Å². The molecule has 104 valence electrons. The van der Waals surface area contributed by atoms with Gasteiger partial charge in [-0.05, 0) is 30.5 Å². The molecule has 1 aliphatic carbocycles. The van der Waals surface area contributed by atoms with Gasteiger partial charge in [0.05, 0.1) is 0 Å². The average Bonchev–Trinajstić information content (AvgIpc) is 3.07. The van der Waals surface area contributed by atoms with E-state index in [-0.39, 0.29) is 17.3 Å². The molecule has 1 heterocycles. The van der Waals surface area contributed by atoms with Gasteiger partial charge >= 0.3 is 6.03 Å². The zero-order valence-electron chi connectivity index (χ0n) is 10.6. The Balaban J connectivity index is 1.57. The van der Waals surface area contributed by atoms with Crippen molar-refractivity contribution in [2.45, 2.75) is 18.3 Å². The lowest BCUT2D eigenvalue weighted by Crippen LogP contribution is -2.35. The summed E-state index contributed by atoms with van der Waals surface area (Å²) in [6.07, 6.45) is 2.00. The topological polar surface area (TPSA) is 66.9 Å². The molecular weight excluding hydrogens is 279 g/mol. The number of anilines is 1. The summed E-state index contributed by atoms with van der Waals surface area (Å²) < 4.78 is 12.9. The minimum atomic E-state index is -0.296. The molecule has 7 heteroatoms. The second-order valence-electron chi connectivity index (χ2n) is 4.84. The smallest absolute Gasteiger partial charge is 0.321 e. The Morgan fingerprint density at radius 3 is 2.70 bits per heavy atom. The van der Waals surface area contributed by atoms with Crippen LogP contribution in [-0.4, -0.2) is 22.8 Å². The lowest BCUT2D eigenvalue weighted by atomic mass is 9.96. The second kappa shape index (κ2) is 5.16. The molecule has 0 aliphatic heterocycles. The third-order valence-corrected chi connectivity index (χ3v) is 4.08. The number of amides is 2. The quantitative estimate of drug-likeness (QED) is 0.910. The van der Waals surface area contributed by atoms with Crippen LogP contribution < -0.4 is 10.6 Å². The molecule has 0 unspecified atom stereocenters. The Kier molecular flexibility index (Phi) is 3.35. The van der Waals surface area contributed by atoms with Crippen LogP contribution in [0.25, 0.3) is 0 Å². The van der Waals surface area contributed by atoms with Crippen molar-refractivity contribution in [2.75, 3.05) is 11.9 Å². The Labute approximate surface area is 119 Å². The van der Waals surface area contributed by atoms with Crippen LogP contribution >= 0.6 is 11.3 Å². The average molecular weight is 292 g/mol. The number of aromatic nitrogens is 2. The fraction of sp³-hybridized carbons (Fsp3) is 0.308. The molecule has 0 radical (unpaired) electrons. The predicted octanol–water partition coefficient (Wildman–Crippen LogP) is 2.53. The minimum Gasteiger partial charge on any atom is -0.337 e. The molecule has 2 aromatic rings. The van der Waals surface area contributed by atoms with Crippen molar-refractivity contribution in [3.05, 3.63) is 41.2 Å². The Morgan fingerprint density at radius 2 is 2.10 bits per heavy atom. The highest BCUT2D eigenvalue weighted by molar-refractivity contribution is 7.13. The molecule has 20 heavy (non-hydrogen) atoms. The van der Waals surface area contributed by atoms with Crippen molar-refractivity contribution in [3.8, 4) is 0 Å². The number of urea groups is 1. The monoisotopic (exact) mass is 292 g/mol. The molecule has 5 nitrogen and oxygen atoms in total. The summed E-state index contributed by atoms with van der Waals surface area (Å²) in [6, 6.07) is 6.18. The number of carbonyl (C=O) groups excluding carboxylic acids is 1. The van der Waals surface area contributed by atoms with Gasteiger partial charge in [0.2, 0.25) is 5.13 Å². The molecule has 1 aromatic carbocycles. The van der Waals surface area contributed by atoms with Crippen LogP contribution in [0.15, 0.2) is 29.8 Å². The summed E-state index contributed by atoms with van der Waals surface area (Å²) in [5.41, 5.74) is 2.57. The SMILES string of the molecule is O=C(NCC1(c2ccc(F)cc2)CC1)Nc1nncs1. The summed E-state index contributed by atoms with van der Waals surface area (Å²) in [5, 5.41) is 13.3. The summed E-state index contributed by atoms with van der Waals surface area (Å²) in [4.78, 5) is 11.7. The fourth-order valence-corrected chi connectivity index (χ4v) is 2.58. The summed E-state index contributed by atoms with van der Waals surface area (Å²) in [5.74, 6) is -0.244. The van der Waals surface area contributed by atoms with E-state index < -0.39 is 0 Å². The van der Waals surface area contributed by atoms with Crippen molar-refractivity contribution in [1.29, 1.82) is 0 Å². The molecule has 1 aliphatic rings. The normalized spacial score (nSPS) is 15.7. The largest absolute Gasteiger partial charge is 0.337 e. The summed E-state index contributed by atoms with van der Waals surface area (Å²) >= 11 is 1.26. The first kappa shape index (κ1) is 13.0. The highest BCUT2D eigenvalue weighted by Gasteiger charge is 2.44. The maximum absolute atomic E-state index is 12.9. The zero-order chi connectivity index (χ0) is 14.0. The maximum Gasteiger partial charge on any atom is 0.321 e. The molecule has 0 saturated heterocycles. The van der Waals surface area contributed by atoms with Crippen LogP contribution in [0, 0.1) is 5.82 Å². The Bertz CT molecular complexity index is 595. The maximum atomic E-state index is 12.9. The van der Waals surface area contributed by atoms with Gasteiger partial charge in [0.15, 0.2) is 0 Å². The van der Waals surface area contributed by atoms with E-state index in [1.165, 1.54) is 23.5 Å². The van der Waals surface area contributed by atoms with E-state index in [1.54, 1.807) is 17.6 Å². The van der Waals surface area contributed by atoms with Gasteiger partial charge in [0, 0.05) is 12.0 Å². The van der Waals surface area contributed by atoms with Crippen LogP contribution in [0.4, 0.5) is 14.3 Å². The van der Waals surface area contributed by atoms with Crippen LogP contribution in [0.3, 0.4) is 0 Å². The number of hydrogen-bond acceptors (Lipinski definition) is 4. The number of rotatable bonds is 4. The minimum absolute atomic E-state index is 0.0494. The first-order chi connectivity index (χ1) is 9.68. The molecule has 1 fully saturated rings. The first-order valence-electron chi connectivity index (χ1n) is 6.25. The van der Waals surface area contributed by atoms with Crippen molar-refractivity contribution >= 4 is 22.5 Å². The Morgan fingerprint density at radius 1 is 1.35 bits per heavy atom. The molecule has 0 atom stereocenters. The van der Waals surface area contributed by atoms with E-state index >= 15 is 0 Å². The van der Waals surface area contributed by atoms with Crippen LogP contribution in [0.5, 0.6) is 0 Å². The van der Waals surface area contributed by atoms with Crippen molar-refractivity contribution in [3.63, 3.8) is 0 Å². The van der Waals surface area contributed by atoms with Crippen LogP contribution in [0.2, 0.25) is 0 Å². The van der Waals surface area contributed by atoms with E-state index in [9.17, 15) is 9.18 Å². The van der Waals surface area contributed by atoms with Crippen molar-refractivity contribution in [2.24, 2.45) is 0 Å². The van der Waals surface area contributed by atoms with Crippen LogP contribution in [-0.2, 0) is 5.41 Å². The molecule has 3 rings (SSSR count). The summed E-state index contributed by atoms with van der Waals surface area (Å²) in [6.45, 7) is 0.531. The molecule has 1 saturated carbocycles. The molecular formula is C13H13FN4OS. The van der Waals surface area contributed by atoms with Gasteiger partial charge in [-0.1, -0.05) is 23.5 Å². The number of hydrogen-bond donors (Lipinski definition) is 2.